The first-order valence-corrected chi connectivity index (χ1v) is 12.2. The topological polar surface area (TPSA) is 22.8 Å². The molecule has 3 nitrogen and oxygen atoms in total. The lowest BCUT2D eigenvalue weighted by molar-refractivity contribution is 1.08. The van der Waals surface area contributed by atoms with Crippen molar-refractivity contribution in [1.82, 2.24) is 14.1 Å². The van der Waals surface area contributed by atoms with Crippen molar-refractivity contribution < 1.29 is 0 Å². The summed E-state index contributed by atoms with van der Waals surface area (Å²) in [5.74, 6) is 0.933. The summed E-state index contributed by atoms with van der Waals surface area (Å²) in [7, 11) is 0. The molecule has 36 heavy (non-hydrogen) atoms. The zero-order valence-electron chi connectivity index (χ0n) is 19.5. The van der Waals surface area contributed by atoms with E-state index in [4.69, 9.17) is 4.98 Å². The van der Waals surface area contributed by atoms with Crippen LogP contribution in [0.1, 0.15) is 0 Å². The Balaban J connectivity index is 1.59. The first-order valence-electron chi connectivity index (χ1n) is 12.2. The van der Waals surface area contributed by atoms with E-state index >= 15 is 0 Å². The van der Waals surface area contributed by atoms with Gasteiger partial charge in [0.2, 0.25) is 0 Å². The zero-order chi connectivity index (χ0) is 23.6. The van der Waals surface area contributed by atoms with Crippen LogP contribution in [0.3, 0.4) is 0 Å². The van der Waals surface area contributed by atoms with Crippen LogP contribution in [0.25, 0.3) is 65.9 Å². The molecule has 0 saturated heterocycles. The Morgan fingerprint density at radius 2 is 1.14 bits per heavy atom. The number of pyridine rings is 1. The Morgan fingerprint density at radius 3 is 1.92 bits per heavy atom. The first kappa shape index (κ1) is 19.4. The van der Waals surface area contributed by atoms with Crippen molar-refractivity contribution in [3.63, 3.8) is 0 Å². The molecular weight excluding hydrogens is 438 g/mol. The highest BCUT2D eigenvalue weighted by atomic mass is 15.1. The van der Waals surface area contributed by atoms with Crippen LogP contribution in [0.4, 0.5) is 0 Å². The molecule has 3 aromatic heterocycles. The van der Waals surface area contributed by atoms with E-state index < -0.39 is 0 Å². The van der Waals surface area contributed by atoms with Crippen molar-refractivity contribution in [2.75, 3.05) is 0 Å². The van der Waals surface area contributed by atoms with Crippen LogP contribution in [0.5, 0.6) is 0 Å². The van der Waals surface area contributed by atoms with Gasteiger partial charge < -0.3 is 4.57 Å². The summed E-state index contributed by atoms with van der Waals surface area (Å²) >= 11 is 0. The fourth-order valence-electron chi connectivity index (χ4n) is 5.83. The van der Waals surface area contributed by atoms with Crippen LogP contribution < -0.4 is 0 Å². The molecule has 168 valence electrons. The molecule has 0 aliphatic rings. The van der Waals surface area contributed by atoms with Gasteiger partial charge in [0.25, 0.3) is 0 Å². The third-order valence-corrected chi connectivity index (χ3v) is 7.34. The molecule has 0 radical (unpaired) electrons. The van der Waals surface area contributed by atoms with E-state index in [2.05, 4.69) is 124 Å². The average Bonchev–Trinajstić information content (AvgIpc) is 3.46. The second-order valence-electron chi connectivity index (χ2n) is 9.28. The van der Waals surface area contributed by atoms with Gasteiger partial charge >= 0.3 is 0 Å². The Kier molecular flexibility index (Phi) is 3.94. The van der Waals surface area contributed by atoms with Crippen LogP contribution in [-0.2, 0) is 0 Å². The summed E-state index contributed by atoms with van der Waals surface area (Å²) in [6, 6.07) is 43.3. The SMILES string of the molecule is c1ccc(-n2c3ccccc3c3cc4c(ccc5c6ccccc6n(-c6ccccn6)c45)cc32)cc1. The highest BCUT2D eigenvalue weighted by Crippen LogP contribution is 2.40. The van der Waals surface area contributed by atoms with Crippen LogP contribution >= 0.6 is 0 Å². The molecule has 0 bridgehead atoms. The minimum absolute atomic E-state index is 0.933. The minimum atomic E-state index is 0.933. The number of aromatic nitrogens is 3. The van der Waals surface area contributed by atoms with E-state index in [1.165, 1.54) is 60.1 Å². The van der Waals surface area contributed by atoms with Gasteiger partial charge in [0.15, 0.2) is 0 Å². The van der Waals surface area contributed by atoms with E-state index in [0.29, 0.717) is 0 Å². The number of fused-ring (bicyclic) bond motifs is 8. The van der Waals surface area contributed by atoms with Crippen molar-refractivity contribution >= 4 is 54.4 Å². The first-order chi connectivity index (χ1) is 17.9. The molecule has 0 atom stereocenters. The van der Waals surface area contributed by atoms with Gasteiger partial charge in [-0.1, -0.05) is 72.8 Å². The zero-order valence-corrected chi connectivity index (χ0v) is 19.5. The van der Waals surface area contributed by atoms with Crippen molar-refractivity contribution in [2.45, 2.75) is 0 Å². The summed E-state index contributed by atoms with van der Waals surface area (Å²) in [6.07, 6.45) is 1.87. The standard InChI is InChI=1S/C33H21N3/c1-2-10-23(11-3-1)35-29-14-6-5-13-25(29)28-21-27-22(20-31(28)35)17-18-26-24-12-4-7-15-30(24)36(33(26)27)32-16-8-9-19-34-32/h1-21H. The van der Waals surface area contributed by atoms with E-state index in [0.717, 1.165) is 5.82 Å². The van der Waals surface area contributed by atoms with E-state index in [1.807, 2.05) is 12.3 Å². The summed E-state index contributed by atoms with van der Waals surface area (Å²) in [6.45, 7) is 0. The van der Waals surface area contributed by atoms with Gasteiger partial charge in [-0.15, -0.1) is 0 Å². The quantitative estimate of drug-likeness (QED) is 0.254. The molecule has 0 aliphatic heterocycles. The number of benzene rings is 5. The second kappa shape index (κ2) is 7.30. The largest absolute Gasteiger partial charge is 0.309 e. The Bertz CT molecular complexity index is 2080. The van der Waals surface area contributed by atoms with E-state index in [1.54, 1.807) is 0 Å². The van der Waals surface area contributed by atoms with Crippen LogP contribution in [0, 0.1) is 0 Å². The normalized spacial score (nSPS) is 11.9. The highest BCUT2D eigenvalue weighted by Gasteiger charge is 2.18. The number of hydrogen-bond donors (Lipinski definition) is 0. The molecule has 0 saturated carbocycles. The van der Waals surface area contributed by atoms with Gasteiger partial charge in [-0.25, -0.2) is 4.98 Å². The maximum absolute atomic E-state index is 4.74. The van der Waals surface area contributed by atoms with Crippen molar-refractivity contribution in [1.29, 1.82) is 0 Å². The highest BCUT2D eigenvalue weighted by molar-refractivity contribution is 6.22. The molecule has 0 unspecified atom stereocenters. The lowest BCUT2D eigenvalue weighted by Crippen LogP contribution is -1.97. The maximum atomic E-state index is 4.74. The van der Waals surface area contributed by atoms with E-state index in [-0.39, 0.29) is 0 Å². The van der Waals surface area contributed by atoms with Gasteiger partial charge in [0.1, 0.15) is 5.82 Å². The fourth-order valence-corrected chi connectivity index (χ4v) is 5.83. The predicted octanol–water partition coefficient (Wildman–Crippen LogP) is 8.43. The molecule has 0 spiro atoms. The third kappa shape index (κ3) is 2.60. The molecule has 0 aliphatic carbocycles. The van der Waals surface area contributed by atoms with Crippen LogP contribution in [-0.4, -0.2) is 14.1 Å². The number of para-hydroxylation sites is 3. The van der Waals surface area contributed by atoms with Gasteiger partial charge in [0, 0.05) is 38.8 Å². The predicted molar refractivity (Wildman–Crippen MR) is 150 cm³/mol. The van der Waals surface area contributed by atoms with Gasteiger partial charge in [-0.3, -0.25) is 4.57 Å². The summed E-state index contributed by atoms with van der Waals surface area (Å²) in [5, 5.41) is 7.46. The Hall–Kier alpha value is -4.89. The van der Waals surface area contributed by atoms with Crippen LogP contribution in [0.2, 0.25) is 0 Å². The van der Waals surface area contributed by atoms with Crippen molar-refractivity contribution in [2.24, 2.45) is 0 Å². The number of nitrogens with zero attached hydrogens (tertiary/aromatic N) is 3. The third-order valence-electron chi connectivity index (χ3n) is 7.34. The van der Waals surface area contributed by atoms with Gasteiger partial charge in [-0.05, 0) is 53.9 Å². The average molecular weight is 460 g/mol. The van der Waals surface area contributed by atoms with Crippen molar-refractivity contribution in [3.8, 4) is 11.5 Å². The summed E-state index contributed by atoms with van der Waals surface area (Å²) < 4.78 is 4.69. The smallest absolute Gasteiger partial charge is 0.137 e. The summed E-state index contributed by atoms with van der Waals surface area (Å²) in [5.41, 5.74) is 5.98. The van der Waals surface area contributed by atoms with E-state index in [9.17, 15) is 0 Å². The molecule has 0 amide bonds. The Labute approximate surface area is 207 Å². The minimum Gasteiger partial charge on any atom is -0.309 e. The lowest BCUT2D eigenvalue weighted by Gasteiger charge is -2.10. The number of hydrogen-bond acceptors (Lipinski definition) is 1. The molecule has 8 rings (SSSR count). The van der Waals surface area contributed by atoms with Crippen molar-refractivity contribution in [3.05, 3.63) is 128 Å². The Morgan fingerprint density at radius 1 is 0.444 bits per heavy atom. The van der Waals surface area contributed by atoms with Gasteiger partial charge in [0.05, 0.1) is 22.1 Å². The number of rotatable bonds is 2. The lowest BCUT2D eigenvalue weighted by atomic mass is 10.0. The molecule has 0 fully saturated rings. The molecule has 3 heterocycles. The van der Waals surface area contributed by atoms with Crippen LogP contribution in [0.15, 0.2) is 128 Å². The molecule has 8 aromatic rings. The summed E-state index contributed by atoms with van der Waals surface area (Å²) in [4.78, 5) is 4.74. The monoisotopic (exact) mass is 459 g/mol. The fraction of sp³-hybridized carbons (Fsp3) is 0. The molecule has 5 aromatic carbocycles. The molecular formula is C33H21N3. The maximum Gasteiger partial charge on any atom is 0.137 e. The van der Waals surface area contributed by atoms with Gasteiger partial charge in [-0.2, -0.15) is 0 Å². The molecule has 0 N–H and O–H groups in total. The molecule has 3 heteroatoms. The second-order valence-corrected chi connectivity index (χ2v) is 9.28.